The second-order valence-corrected chi connectivity index (χ2v) is 9.32. The molecule has 1 saturated heterocycles. The van der Waals surface area contributed by atoms with E-state index in [0.717, 1.165) is 59.0 Å². The number of aromatic nitrogens is 3. The van der Waals surface area contributed by atoms with Crippen molar-refractivity contribution >= 4 is 0 Å². The Morgan fingerprint density at radius 3 is 2.78 bits per heavy atom. The Bertz CT molecular complexity index is 1150. The third-order valence-electron chi connectivity index (χ3n) is 6.69. The van der Waals surface area contributed by atoms with Crippen LogP contribution in [0.5, 0.6) is 5.75 Å². The molecule has 36 heavy (non-hydrogen) atoms. The summed E-state index contributed by atoms with van der Waals surface area (Å²) in [5.74, 6) is 2.28. The van der Waals surface area contributed by atoms with E-state index in [2.05, 4.69) is 17.4 Å². The number of benzene rings is 1. The molecule has 2 aromatic heterocycles. The van der Waals surface area contributed by atoms with Crippen LogP contribution in [-0.2, 0) is 15.9 Å². The number of ether oxygens (including phenoxy) is 3. The van der Waals surface area contributed by atoms with Crippen LogP contribution >= 0.6 is 0 Å². The number of aliphatic hydroxyl groups excluding tert-OH is 1. The lowest BCUT2D eigenvalue weighted by Crippen LogP contribution is -2.35. The molecule has 0 amide bonds. The average Bonchev–Trinajstić information content (AvgIpc) is 3.22. The van der Waals surface area contributed by atoms with E-state index in [1.165, 1.54) is 0 Å². The predicted molar refractivity (Wildman–Crippen MR) is 136 cm³/mol. The Morgan fingerprint density at radius 1 is 1.22 bits per heavy atom. The van der Waals surface area contributed by atoms with Crippen LogP contribution in [0, 0.1) is 26.7 Å². The maximum Gasteiger partial charge on any atom is 0.160 e. The summed E-state index contributed by atoms with van der Waals surface area (Å²) in [6, 6.07) is 7.65. The Hall–Kier alpha value is -2.85. The van der Waals surface area contributed by atoms with Gasteiger partial charge in [-0.05, 0) is 64.3 Å². The Kier molecular flexibility index (Phi) is 8.68. The SMILES string of the molecule is CNCC(O)COc1cccc(-c2nc(C[C@@H]3CCOC[C@@H]3OC)c(C)c(-c3c(C)noc3C)n2)c1. The molecule has 3 atom stereocenters. The van der Waals surface area contributed by atoms with Crippen LogP contribution in [0.4, 0.5) is 0 Å². The summed E-state index contributed by atoms with van der Waals surface area (Å²) >= 11 is 0. The van der Waals surface area contributed by atoms with Crippen LogP contribution in [0.2, 0.25) is 0 Å². The zero-order valence-corrected chi connectivity index (χ0v) is 21.7. The molecule has 2 N–H and O–H groups in total. The van der Waals surface area contributed by atoms with Crippen LogP contribution in [0.15, 0.2) is 28.8 Å². The number of nitrogens with one attached hydrogen (secondary N) is 1. The number of aliphatic hydroxyl groups is 1. The molecule has 1 aliphatic rings. The van der Waals surface area contributed by atoms with Gasteiger partial charge in [0.15, 0.2) is 5.82 Å². The van der Waals surface area contributed by atoms with Gasteiger partial charge in [-0.2, -0.15) is 0 Å². The van der Waals surface area contributed by atoms with Gasteiger partial charge in [0.1, 0.15) is 24.2 Å². The number of nitrogens with zero attached hydrogens (tertiary/aromatic N) is 3. The highest BCUT2D eigenvalue weighted by Gasteiger charge is 2.28. The largest absolute Gasteiger partial charge is 0.491 e. The van der Waals surface area contributed by atoms with Crippen molar-refractivity contribution in [1.29, 1.82) is 0 Å². The first-order chi connectivity index (χ1) is 17.4. The maximum absolute atomic E-state index is 10.0. The minimum absolute atomic E-state index is 0.0276. The zero-order chi connectivity index (χ0) is 25.7. The van der Waals surface area contributed by atoms with E-state index in [4.69, 9.17) is 28.7 Å². The minimum Gasteiger partial charge on any atom is -0.491 e. The first-order valence-corrected chi connectivity index (χ1v) is 12.4. The van der Waals surface area contributed by atoms with E-state index in [1.54, 1.807) is 14.2 Å². The third-order valence-corrected chi connectivity index (χ3v) is 6.69. The maximum atomic E-state index is 10.0. The quantitative estimate of drug-likeness (QED) is 0.437. The summed E-state index contributed by atoms with van der Waals surface area (Å²) in [7, 11) is 3.53. The predicted octanol–water partition coefficient (Wildman–Crippen LogP) is 3.28. The molecule has 1 fully saturated rings. The van der Waals surface area contributed by atoms with Crippen LogP contribution in [0.25, 0.3) is 22.6 Å². The van der Waals surface area contributed by atoms with Crippen molar-refractivity contribution in [1.82, 2.24) is 20.4 Å². The van der Waals surface area contributed by atoms with E-state index in [9.17, 15) is 5.11 Å². The van der Waals surface area contributed by atoms with Crippen LogP contribution in [-0.4, -0.2) is 73.0 Å². The molecule has 0 radical (unpaired) electrons. The minimum atomic E-state index is -0.597. The third kappa shape index (κ3) is 5.92. The molecule has 194 valence electrons. The van der Waals surface area contributed by atoms with Crippen LogP contribution in [0.3, 0.4) is 0 Å². The van der Waals surface area contributed by atoms with Crippen molar-refractivity contribution in [2.45, 2.75) is 45.8 Å². The van der Waals surface area contributed by atoms with E-state index in [1.807, 2.05) is 38.1 Å². The molecule has 4 rings (SSSR count). The average molecular weight is 497 g/mol. The fourth-order valence-corrected chi connectivity index (χ4v) is 4.67. The monoisotopic (exact) mass is 496 g/mol. The second kappa shape index (κ2) is 11.9. The van der Waals surface area contributed by atoms with Crippen molar-refractivity contribution in [2.24, 2.45) is 5.92 Å². The lowest BCUT2D eigenvalue weighted by molar-refractivity contribution is -0.0652. The van der Waals surface area contributed by atoms with Gasteiger partial charge >= 0.3 is 0 Å². The fraction of sp³-hybridized carbons (Fsp3) is 0.519. The first kappa shape index (κ1) is 26.2. The molecule has 0 aliphatic carbocycles. The van der Waals surface area contributed by atoms with Crippen molar-refractivity contribution in [3.05, 3.63) is 47.0 Å². The van der Waals surface area contributed by atoms with Crippen molar-refractivity contribution in [3.63, 3.8) is 0 Å². The molecule has 1 unspecified atom stereocenters. The van der Waals surface area contributed by atoms with Gasteiger partial charge in [0.2, 0.25) is 0 Å². The van der Waals surface area contributed by atoms with Gasteiger partial charge in [-0.15, -0.1) is 0 Å². The molecule has 1 aromatic carbocycles. The number of methoxy groups -OCH3 is 1. The zero-order valence-electron chi connectivity index (χ0n) is 21.7. The van der Waals surface area contributed by atoms with E-state index >= 15 is 0 Å². The fourth-order valence-electron chi connectivity index (χ4n) is 4.67. The summed E-state index contributed by atoms with van der Waals surface area (Å²) in [6.45, 7) is 7.85. The first-order valence-electron chi connectivity index (χ1n) is 12.4. The summed E-state index contributed by atoms with van der Waals surface area (Å²) in [5.41, 5.74) is 5.33. The Labute approximate surface area is 212 Å². The smallest absolute Gasteiger partial charge is 0.160 e. The van der Waals surface area contributed by atoms with Gasteiger partial charge in [0, 0.05) is 31.5 Å². The molecule has 1 aliphatic heterocycles. The van der Waals surface area contributed by atoms with Gasteiger partial charge < -0.3 is 29.2 Å². The van der Waals surface area contributed by atoms with E-state index in [-0.39, 0.29) is 12.7 Å². The molecular formula is C27H36N4O5. The Morgan fingerprint density at radius 2 is 2.06 bits per heavy atom. The number of aryl methyl sites for hydroxylation is 2. The lowest BCUT2D eigenvalue weighted by Gasteiger charge is -2.30. The molecule has 0 bridgehead atoms. The summed E-state index contributed by atoms with van der Waals surface area (Å²) in [6.07, 6.45) is 1.10. The van der Waals surface area contributed by atoms with Crippen molar-refractivity contribution < 1.29 is 23.8 Å². The number of hydrogen-bond acceptors (Lipinski definition) is 9. The highest BCUT2D eigenvalue weighted by Crippen LogP contribution is 2.34. The van der Waals surface area contributed by atoms with Crippen molar-refractivity contribution in [2.75, 3.05) is 40.5 Å². The van der Waals surface area contributed by atoms with Gasteiger partial charge in [-0.3, -0.25) is 0 Å². The molecule has 0 saturated carbocycles. The molecule has 9 nitrogen and oxygen atoms in total. The van der Waals surface area contributed by atoms with Gasteiger partial charge in [0.25, 0.3) is 0 Å². The number of rotatable bonds is 10. The summed E-state index contributed by atoms with van der Waals surface area (Å²) in [4.78, 5) is 10.0. The molecule has 3 heterocycles. The highest BCUT2D eigenvalue weighted by atomic mass is 16.5. The standard InChI is InChI=1S/C27H36N4O5/c1-16-23(12-19-9-10-34-15-24(19)33-5)29-27(30-26(16)25-17(2)31-36-18(25)3)20-7-6-8-22(11-20)35-14-21(32)13-28-4/h6-8,11,19,21,24,28,32H,9-10,12-15H2,1-5H3/t19-,21?,24-/m0/s1. The van der Waals surface area contributed by atoms with E-state index < -0.39 is 6.10 Å². The summed E-state index contributed by atoms with van der Waals surface area (Å²) in [5, 5.41) is 17.1. The van der Waals surface area contributed by atoms with Gasteiger partial charge in [0.05, 0.1) is 29.7 Å². The number of likely N-dealkylation sites (N-methyl/N-ethyl adjacent to an activating group) is 1. The van der Waals surface area contributed by atoms with Crippen LogP contribution < -0.4 is 10.1 Å². The summed E-state index contributed by atoms with van der Waals surface area (Å²) < 4.78 is 22.6. The normalized spacial score (nSPS) is 18.8. The second-order valence-electron chi connectivity index (χ2n) is 9.32. The molecular weight excluding hydrogens is 460 g/mol. The molecule has 0 spiro atoms. The molecule has 3 aromatic rings. The van der Waals surface area contributed by atoms with Gasteiger partial charge in [-0.25, -0.2) is 9.97 Å². The van der Waals surface area contributed by atoms with Crippen molar-refractivity contribution in [3.8, 4) is 28.4 Å². The molecule has 9 heteroatoms. The highest BCUT2D eigenvalue weighted by molar-refractivity contribution is 5.71. The van der Waals surface area contributed by atoms with Crippen LogP contribution in [0.1, 0.15) is 29.1 Å². The van der Waals surface area contributed by atoms with Gasteiger partial charge in [-0.1, -0.05) is 17.3 Å². The topological polar surface area (TPSA) is 112 Å². The lowest BCUT2D eigenvalue weighted by atomic mass is 9.89. The number of hydrogen-bond donors (Lipinski definition) is 2. The van der Waals surface area contributed by atoms with E-state index in [0.29, 0.717) is 30.6 Å². The Balaban J connectivity index is 1.73.